The Morgan fingerprint density at radius 3 is 2.29 bits per heavy atom. The highest BCUT2D eigenvalue weighted by Crippen LogP contribution is 2.35. The van der Waals surface area contributed by atoms with Crippen molar-refractivity contribution in [3.8, 4) is 0 Å². The number of benzene rings is 1. The molecule has 1 amide bonds. The molecule has 1 aromatic carbocycles. The smallest absolute Gasteiger partial charge is 0.417 e. The van der Waals surface area contributed by atoms with Crippen LogP contribution >= 0.6 is 11.6 Å². The second kappa shape index (κ2) is 7.29. The minimum absolute atomic E-state index is 0.233. The van der Waals surface area contributed by atoms with E-state index in [4.69, 9.17) is 21.4 Å². The van der Waals surface area contributed by atoms with Crippen molar-refractivity contribution in [2.75, 3.05) is 0 Å². The lowest BCUT2D eigenvalue weighted by molar-refractivity contribution is -0.139. The fourth-order valence-corrected chi connectivity index (χ4v) is 2.11. The Morgan fingerprint density at radius 2 is 1.88 bits per heavy atom. The molecule has 0 saturated heterocycles. The van der Waals surface area contributed by atoms with Gasteiger partial charge in [0.2, 0.25) is 0 Å². The van der Waals surface area contributed by atoms with Crippen LogP contribution in [0.3, 0.4) is 0 Å². The molecule has 9 heteroatoms. The highest BCUT2D eigenvalue weighted by atomic mass is 35.5. The SMILES string of the molecule is CC(C)(C)OC(=O)N[C@@H](Cc1ccc(C(F)(F)F)c(Cl)c1)C(=O)O. The van der Waals surface area contributed by atoms with E-state index in [2.05, 4.69) is 5.32 Å². The summed E-state index contributed by atoms with van der Waals surface area (Å²) in [5, 5.41) is 10.8. The first-order chi connectivity index (χ1) is 10.8. The van der Waals surface area contributed by atoms with Gasteiger partial charge in [-0.05, 0) is 38.5 Å². The van der Waals surface area contributed by atoms with E-state index in [-0.39, 0.29) is 12.0 Å². The van der Waals surface area contributed by atoms with Crippen LogP contribution in [0.25, 0.3) is 0 Å². The molecule has 1 rings (SSSR count). The molecule has 2 N–H and O–H groups in total. The van der Waals surface area contributed by atoms with Crippen molar-refractivity contribution in [3.05, 3.63) is 34.3 Å². The van der Waals surface area contributed by atoms with Gasteiger partial charge in [-0.25, -0.2) is 9.59 Å². The number of carboxylic acids is 1. The molecule has 0 unspecified atom stereocenters. The number of carbonyl (C=O) groups is 2. The van der Waals surface area contributed by atoms with Gasteiger partial charge in [-0.15, -0.1) is 0 Å². The van der Waals surface area contributed by atoms with Crippen molar-refractivity contribution in [1.29, 1.82) is 0 Å². The van der Waals surface area contributed by atoms with Crippen molar-refractivity contribution < 1.29 is 32.6 Å². The van der Waals surface area contributed by atoms with Crippen LogP contribution < -0.4 is 5.32 Å². The van der Waals surface area contributed by atoms with Gasteiger partial charge in [0.05, 0.1) is 10.6 Å². The maximum atomic E-state index is 12.6. The Kier molecular flexibility index (Phi) is 6.10. The van der Waals surface area contributed by atoms with E-state index in [1.807, 2.05) is 0 Å². The van der Waals surface area contributed by atoms with Crippen molar-refractivity contribution in [2.24, 2.45) is 0 Å². The molecule has 1 aromatic rings. The summed E-state index contributed by atoms with van der Waals surface area (Å²) in [6.45, 7) is 4.83. The number of alkyl carbamates (subject to hydrolysis) is 1. The Balaban J connectivity index is 2.88. The molecule has 0 aliphatic rings. The number of nitrogens with one attached hydrogen (secondary N) is 1. The maximum absolute atomic E-state index is 12.6. The van der Waals surface area contributed by atoms with Gasteiger partial charge >= 0.3 is 18.2 Å². The molecule has 0 radical (unpaired) electrons. The minimum atomic E-state index is -4.60. The standard InChI is InChI=1S/C15H17ClF3NO4/c1-14(2,3)24-13(23)20-11(12(21)22)7-8-4-5-9(10(16)6-8)15(17,18)19/h4-6,11H,7H2,1-3H3,(H,20,23)(H,21,22)/t11-/m0/s1. The van der Waals surface area contributed by atoms with Gasteiger partial charge in [-0.2, -0.15) is 13.2 Å². The third kappa shape index (κ3) is 6.27. The first-order valence-corrected chi connectivity index (χ1v) is 7.25. The van der Waals surface area contributed by atoms with E-state index in [9.17, 15) is 22.8 Å². The monoisotopic (exact) mass is 367 g/mol. The van der Waals surface area contributed by atoms with E-state index in [0.29, 0.717) is 0 Å². The summed E-state index contributed by atoms with van der Waals surface area (Å²) in [7, 11) is 0. The molecule has 134 valence electrons. The zero-order chi connectivity index (χ0) is 18.7. The number of aliphatic carboxylic acids is 1. The van der Waals surface area contributed by atoms with Gasteiger partial charge in [-0.1, -0.05) is 17.7 Å². The van der Waals surface area contributed by atoms with Crippen LogP contribution in [-0.4, -0.2) is 28.8 Å². The molecule has 0 fully saturated rings. The average molecular weight is 368 g/mol. The van der Waals surface area contributed by atoms with Crippen LogP contribution in [-0.2, 0) is 22.1 Å². The van der Waals surface area contributed by atoms with Crippen LogP contribution in [0.15, 0.2) is 18.2 Å². The normalized spacial score (nSPS) is 13.3. The van der Waals surface area contributed by atoms with Crippen LogP contribution in [0.4, 0.5) is 18.0 Å². The topological polar surface area (TPSA) is 75.6 Å². The van der Waals surface area contributed by atoms with Crippen LogP contribution in [0.1, 0.15) is 31.9 Å². The number of ether oxygens (including phenoxy) is 1. The number of alkyl halides is 3. The molecule has 0 aromatic heterocycles. The lowest BCUT2D eigenvalue weighted by Gasteiger charge is -2.22. The molecule has 24 heavy (non-hydrogen) atoms. The van der Waals surface area contributed by atoms with Crippen LogP contribution in [0.5, 0.6) is 0 Å². The lowest BCUT2D eigenvalue weighted by Crippen LogP contribution is -2.44. The minimum Gasteiger partial charge on any atom is -0.480 e. The van der Waals surface area contributed by atoms with Gasteiger partial charge in [0.25, 0.3) is 0 Å². The Morgan fingerprint density at radius 1 is 1.29 bits per heavy atom. The summed E-state index contributed by atoms with van der Waals surface area (Å²) in [6.07, 6.45) is -5.78. The summed E-state index contributed by atoms with van der Waals surface area (Å²) < 4.78 is 42.9. The quantitative estimate of drug-likeness (QED) is 0.846. The maximum Gasteiger partial charge on any atom is 0.417 e. The lowest BCUT2D eigenvalue weighted by atomic mass is 10.0. The summed E-state index contributed by atoms with van der Waals surface area (Å²) in [5.74, 6) is -1.35. The number of hydrogen-bond acceptors (Lipinski definition) is 3. The van der Waals surface area contributed by atoms with Gasteiger partial charge in [-0.3, -0.25) is 0 Å². The molecule has 5 nitrogen and oxygen atoms in total. The summed E-state index contributed by atoms with van der Waals surface area (Å²) in [5.41, 5.74) is -1.60. The Hall–Kier alpha value is -1.96. The molecule has 0 aliphatic heterocycles. The third-order valence-electron chi connectivity index (χ3n) is 2.77. The number of carbonyl (C=O) groups excluding carboxylic acids is 1. The molecule has 0 bridgehead atoms. The highest BCUT2D eigenvalue weighted by molar-refractivity contribution is 6.31. The van der Waals surface area contributed by atoms with Crippen molar-refractivity contribution in [2.45, 2.75) is 45.0 Å². The van der Waals surface area contributed by atoms with Gasteiger partial charge in [0, 0.05) is 6.42 Å². The van der Waals surface area contributed by atoms with Crippen LogP contribution in [0, 0.1) is 0 Å². The molecule has 0 heterocycles. The zero-order valence-electron chi connectivity index (χ0n) is 13.2. The summed E-state index contributed by atoms with van der Waals surface area (Å²) >= 11 is 5.59. The van der Waals surface area contributed by atoms with Crippen molar-refractivity contribution in [3.63, 3.8) is 0 Å². The summed E-state index contributed by atoms with van der Waals surface area (Å²) in [6, 6.07) is 1.54. The fourth-order valence-electron chi connectivity index (χ4n) is 1.80. The Labute approximate surface area is 141 Å². The van der Waals surface area contributed by atoms with Gasteiger partial charge < -0.3 is 15.2 Å². The number of amides is 1. The third-order valence-corrected chi connectivity index (χ3v) is 3.08. The van der Waals surface area contributed by atoms with E-state index >= 15 is 0 Å². The number of rotatable bonds is 4. The molecule has 0 saturated carbocycles. The second-order valence-corrected chi connectivity index (χ2v) is 6.46. The first-order valence-electron chi connectivity index (χ1n) is 6.87. The predicted molar refractivity (Wildman–Crippen MR) is 81.0 cm³/mol. The highest BCUT2D eigenvalue weighted by Gasteiger charge is 2.33. The Bertz CT molecular complexity index is 626. The second-order valence-electron chi connectivity index (χ2n) is 6.05. The molecular formula is C15H17ClF3NO4. The number of carboxylic acid groups (broad SMARTS) is 1. The van der Waals surface area contributed by atoms with E-state index < -0.39 is 40.5 Å². The van der Waals surface area contributed by atoms with Crippen molar-refractivity contribution in [1.82, 2.24) is 5.32 Å². The average Bonchev–Trinajstić information content (AvgIpc) is 2.33. The van der Waals surface area contributed by atoms with E-state index in [1.165, 1.54) is 0 Å². The molecule has 0 spiro atoms. The van der Waals surface area contributed by atoms with E-state index in [1.54, 1.807) is 20.8 Å². The molecular weight excluding hydrogens is 351 g/mol. The largest absolute Gasteiger partial charge is 0.480 e. The van der Waals surface area contributed by atoms with Gasteiger partial charge in [0.15, 0.2) is 0 Å². The predicted octanol–water partition coefficient (Wildman–Crippen LogP) is 3.88. The van der Waals surface area contributed by atoms with Crippen molar-refractivity contribution >= 4 is 23.7 Å². The zero-order valence-corrected chi connectivity index (χ0v) is 14.0. The first kappa shape index (κ1) is 20.1. The van der Waals surface area contributed by atoms with Crippen LogP contribution in [0.2, 0.25) is 5.02 Å². The number of hydrogen-bond donors (Lipinski definition) is 2. The molecule has 1 atom stereocenters. The molecule has 0 aliphatic carbocycles. The van der Waals surface area contributed by atoms with Gasteiger partial charge in [0.1, 0.15) is 11.6 Å². The van der Waals surface area contributed by atoms with E-state index in [0.717, 1.165) is 18.2 Å². The summed E-state index contributed by atoms with van der Waals surface area (Å²) in [4.78, 5) is 22.9. The number of halogens is 4. The fraction of sp³-hybridized carbons (Fsp3) is 0.467.